The van der Waals surface area contributed by atoms with Crippen LogP contribution in [0.2, 0.25) is 0 Å². The summed E-state index contributed by atoms with van der Waals surface area (Å²) in [6.45, 7) is 0.434. The molecule has 0 saturated heterocycles. The molecule has 5 nitrogen and oxygen atoms in total. The van der Waals surface area contributed by atoms with E-state index in [1.54, 1.807) is 23.4 Å². The van der Waals surface area contributed by atoms with E-state index in [-0.39, 0.29) is 5.92 Å². The molecule has 1 aliphatic carbocycles. The molecule has 0 aromatic carbocycles. The second kappa shape index (κ2) is 5.71. The van der Waals surface area contributed by atoms with Crippen molar-refractivity contribution in [2.45, 2.75) is 44.2 Å². The molecule has 2 aromatic heterocycles. The lowest BCUT2D eigenvalue weighted by atomic mass is 9.73. The van der Waals surface area contributed by atoms with E-state index in [1.807, 2.05) is 12.1 Å². The second-order valence-electron chi connectivity index (χ2n) is 5.59. The molecule has 0 radical (unpaired) electrons. The highest BCUT2D eigenvalue weighted by molar-refractivity contribution is 5.19. The van der Waals surface area contributed by atoms with Crippen LogP contribution in [-0.2, 0) is 12.1 Å². The zero-order valence-corrected chi connectivity index (χ0v) is 11.5. The SMILES string of the molecule is O[C@](Cn1cncn1)(c1cccnc1)C1CCCCC1. The summed E-state index contributed by atoms with van der Waals surface area (Å²) in [6.07, 6.45) is 12.4. The van der Waals surface area contributed by atoms with Crippen LogP contribution in [0.4, 0.5) is 0 Å². The molecular formula is C15H20N4O. The first-order chi connectivity index (χ1) is 9.79. The van der Waals surface area contributed by atoms with E-state index < -0.39 is 5.60 Å². The van der Waals surface area contributed by atoms with E-state index in [1.165, 1.54) is 25.6 Å². The van der Waals surface area contributed by atoms with Gasteiger partial charge in [0.05, 0.1) is 6.54 Å². The average Bonchev–Trinajstić information content (AvgIpc) is 3.02. The molecule has 0 amide bonds. The molecular weight excluding hydrogens is 252 g/mol. The Labute approximate surface area is 118 Å². The predicted molar refractivity (Wildman–Crippen MR) is 74.7 cm³/mol. The fourth-order valence-corrected chi connectivity index (χ4v) is 3.22. The molecule has 3 rings (SSSR count). The van der Waals surface area contributed by atoms with Crippen molar-refractivity contribution in [3.63, 3.8) is 0 Å². The Hall–Kier alpha value is -1.75. The fraction of sp³-hybridized carbons (Fsp3) is 0.533. The lowest BCUT2D eigenvalue weighted by molar-refractivity contribution is -0.0560. The molecule has 0 aliphatic heterocycles. The van der Waals surface area contributed by atoms with Crippen LogP contribution < -0.4 is 0 Å². The van der Waals surface area contributed by atoms with Crippen LogP contribution in [0.5, 0.6) is 0 Å². The molecule has 20 heavy (non-hydrogen) atoms. The zero-order chi connectivity index (χ0) is 13.8. The van der Waals surface area contributed by atoms with Gasteiger partial charge in [0.2, 0.25) is 0 Å². The Morgan fingerprint density at radius 2 is 2.10 bits per heavy atom. The molecule has 0 unspecified atom stereocenters. The normalized spacial score (nSPS) is 19.6. The van der Waals surface area contributed by atoms with Crippen molar-refractivity contribution in [3.05, 3.63) is 42.7 Å². The monoisotopic (exact) mass is 272 g/mol. The molecule has 1 atom stereocenters. The highest BCUT2D eigenvalue weighted by Gasteiger charge is 2.39. The van der Waals surface area contributed by atoms with Crippen molar-refractivity contribution in [1.82, 2.24) is 19.7 Å². The second-order valence-corrected chi connectivity index (χ2v) is 5.59. The van der Waals surface area contributed by atoms with Gasteiger partial charge in [0.15, 0.2) is 0 Å². The quantitative estimate of drug-likeness (QED) is 0.926. The van der Waals surface area contributed by atoms with Gasteiger partial charge in [0, 0.05) is 18.0 Å². The highest BCUT2D eigenvalue weighted by Crippen LogP contribution is 2.40. The number of hydrogen-bond acceptors (Lipinski definition) is 4. The third-order valence-electron chi connectivity index (χ3n) is 4.31. The first kappa shape index (κ1) is 13.2. The highest BCUT2D eigenvalue weighted by atomic mass is 16.3. The standard InChI is InChI=1S/C15H20N4O/c20-15(10-19-12-17-11-18-19,13-5-2-1-3-6-13)14-7-4-8-16-9-14/h4,7-9,11-13,20H,1-3,5-6,10H2/t15-/m0/s1. The summed E-state index contributed by atoms with van der Waals surface area (Å²) in [5, 5.41) is 15.5. The van der Waals surface area contributed by atoms with E-state index in [4.69, 9.17) is 0 Å². The van der Waals surface area contributed by atoms with Crippen LogP contribution in [0.1, 0.15) is 37.7 Å². The van der Waals surface area contributed by atoms with Gasteiger partial charge in [-0.2, -0.15) is 5.10 Å². The Bertz CT molecular complexity index is 522. The fourth-order valence-electron chi connectivity index (χ4n) is 3.22. The molecule has 1 N–H and O–H groups in total. The maximum atomic E-state index is 11.4. The van der Waals surface area contributed by atoms with Gasteiger partial charge in [-0.15, -0.1) is 0 Å². The van der Waals surface area contributed by atoms with Gasteiger partial charge >= 0.3 is 0 Å². The Morgan fingerprint density at radius 3 is 2.75 bits per heavy atom. The van der Waals surface area contributed by atoms with E-state index in [0.717, 1.165) is 18.4 Å². The molecule has 2 heterocycles. The predicted octanol–water partition coefficient (Wildman–Crippen LogP) is 2.14. The number of nitrogens with zero attached hydrogens (tertiary/aromatic N) is 4. The minimum Gasteiger partial charge on any atom is -0.383 e. The van der Waals surface area contributed by atoms with Crippen LogP contribution in [0.3, 0.4) is 0 Å². The van der Waals surface area contributed by atoms with Gasteiger partial charge in [-0.05, 0) is 24.8 Å². The van der Waals surface area contributed by atoms with Crippen LogP contribution >= 0.6 is 0 Å². The topological polar surface area (TPSA) is 63.8 Å². The lowest BCUT2D eigenvalue weighted by Gasteiger charge is -2.38. The first-order valence-corrected chi connectivity index (χ1v) is 7.24. The van der Waals surface area contributed by atoms with E-state index >= 15 is 0 Å². The Morgan fingerprint density at radius 1 is 1.25 bits per heavy atom. The minimum atomic E-state index is -0.914. The number of aliphatic hydroxyl groups is 1. The maximum Gasteiger partial charge on any atom is 0.137 e. The largest absolute Gasteiger partial charge is 0.383 e. The number of rotatable bonds is 4. The van der Waals surface area contributed by atoms with Gasteiger partial charge in [0.1, 0.15) is 18.3 Å². The van der Waals surface area contributed by atoms with Crippen molar-refractivity contribution in [2.24, 2.45) is 5.92 Å². The summed E-state index contributed by atoms with van der Waals surface area (Å²) in [5.41, 5.74) is -0.0371. The summed E-state index contributed by atoms with van der Waals surface area (Å²) in [5.74, 6) is 0.254. The summed E-state index contributed by atoms with van der Waals surface area (Å²) in [6, 6.07) is 3.84. The Kier molecular flexibility index (Phi) is 3.78. The van der Waals surface area contributed by atoms with E-state index in [0.29, 0.717) is 6.54 Å². The number of aromatic nitrogens is 4. The van der Waals surface area contributed by atoms with Crippen molar-refractivity contribution in [2.75, 3.05) is 0 Å². The summed E-state index contributed by atoms with van der Waals surface area (Å²) in [4.78, 5) is 8.14. The number of hydrogen-bond donors (Lipinski definition) is 1. The Balaban J connectivity index is 1.93. The van der Waals surface area contributed by atoms with Crippen LogP contribution in [0.15, 0.2) is 37.2 Å². The van der Waals surface area contributed by atoms with E-state index in [9.17, 15) is 5.11 Å². The molecule has 0 spiro atoms. The summed E-state index contributed by atoms with van der Waals surface area (Å²) in [7, 11) is 0. The van der Waals surface area contributed by atoms with Gasteiger partial charge in [0.25, 0.3) is 0 Å². The van der Waals surface area contributed by atoms with Gasteiger partial charge in [-0.3, -0.25) is 4.98 Å². The van der Waals surface area contributed by atoms with Crippen LogP contribution in [-0.4, -0.2) is 24.9 Å². The van der Waals surface area contributed by atoms with Crippen molar-refractivity contribution >= 4 is 0 Å². The van der Waals surface area contributed by atoms with Crippen molar-refractivity contribution in [1.29, 1.82) is 0 Å². The molecule has 1 aliphatic rings. The third-order valence-corrected chi connectivity index (χ3v) is 4.31. The van der Waals surface area contributed by atoms with E-state index in [2.05, 4.69) is 15.1 Å². The lowest BCUT2D eigenvalue weighted by Crippen LogP contribution is -2.40. The third kappa shape index (κ3) is 2.58. The molecule has 1 saturated carbocycles. The van der Waals surface area contributed by atoms with Gasteiger partial charge < -0.3 is 5.11 Å². The number of pyridine rings is 1. The molecule has 106 valence electrons. The van der Waals surface area contributed by atoms with Gasteiger partial charge in [-0.25, -0.2) is 9.67 Å². The molecule has 0 bridgehead atoms. The van der Waals surface area contributed by atoms with Crippen molar-refractivity contribution in [3.8, 4) is 0 Å². The average molecular weight is 272 g/mol. The molecule has 1 fully saturated rings. The van der Waals surface area contributed by atoms with Crippen molar-refractivity contribution < 1.29 is 5.11 Å². The summed E-state index contributed by atoms with van der Waals surface area (Å²) >= 11 is 0. The minimum absolute atomic E-state index is 0.254. The van der Waals surface area contributed by atoms with Gasteiger partial charge in [-0.1, -0.05) is 25.3 Å². The van der Waals surface area contributed by atoms with Crippen LogP contribution in [0.25, 0.3) is 0 Å². The smallest absolute Gasteiger partial charge is 0.137 e. The summed E-state index contributed by atoms with van der Waals surface area (Å²) < 4.78 is 1.71. The maximum absolute atomic E-state index is 11.4. The molecule has 5 heteroatoms. The molecule has 2 aromatic rings. The zero-order valence-electron chi connectivity index (χ0n) is 11.5. The van der Waals surface area contributed by atoms with Crippen LogP contribution in [0, 0.1) is 5.92 Å². The first-order valence-electron chi connectivity index (χ1n) is 7.24.